The summed E-state index contributed by atoms with van der Waals surface area (Å²) in [4.78, 5) is 0. The van der Waals surface area contributed by atoms with Crippen molar-refractivity contribution < 1.29 is 0 Å². The van der Waals surface area contributed by atoms with Crippen molar-refractivity contribution >= 4 is 0 Å². The molecule has 2 bridgehead atoms. The molecule has 0 saturated heterocycles. The van der Waals surface area contributed by atoms with Crippen LogP contribution in [0.4, 0.5) is 0 Å². The topological polar surface area (TPSA) is 0 Å². The molecule has 0 nitrogen and oxygen atoms in total. The van der Waals surface area contributed by atoms with Crippen molar-refractivity contribution in [2.45, 2.75) is 63.7 Å². The maximum absolute atomic E-state index is 2.53. The van der Waals surface area contributed by atoms with E-state index in [9.17, 15) is 0 Å². The lowest BCUT2D eigenvalue weighted by Gasteiger charge is -2.41. The predicted molar refractivity (Wildman–Crippen MR) is 80.5 cm³/mol. The Morgan fingerprint density at radius 2 is 2.26 bits per heavy atom. The van der Waals surface area contributed by atoms with Crippen molar-refractivity contribution in [2.75, 3.05) is 0 Å². The average molecular weight is 252 g/mol. The first kappa shape index (κ1) is 11.8. The molecule has 1 fully saturated rings. The molecule has 0 N–H and O–H groups in total. The van der Waals surface area contributed by atoms with Crippen LogP contribution < -0.4 is 0 Å². The second-order valence-corrected chi connectivity index (χ2v) is 6.93. The van der Waals surface area contributed by atoms with Crippen LogP contribution in [0.15, 0.2) is 29.8 Å². The smallest absolute Gasteiger partial charge is 0.00272 e. The molecule has 0 heteroatoms. The van der Waals surface area contributed by atoms with E-state index in [2.05, 4.69) is 31.2 Å². The lowest BCUT2D eigenvalue weighted by Crippen LogP contribution is -2.35. The molecule has 100 valence electrons. The molecule has 2 unspecified atom stereocenters. The molecule has 0 heterocycles. The highest BCUT2D eigenvalue weighted by Gasteiger charge is 2.49. The van der Waals surface area contributed by atoms with Crippen molar-refractivity contribution in [3.05, 3.63) is 46.5 Å². The van der Waals surface area contributed by atoms with Crippen LogP contribution in [0.2, 0.25) is 0 Å². The van der Waals surface area contributed by atoms with E-state index in [1.165, 1.54) is 51.4 Å². The quantitative estimate of drug-likeness (QED) is 0.653. The Kier molecular flexibility index (Phi) is 2.62. The largest absolute Gasteiger partial charge is 0.0850 e. The minimum absolute atomic E-state index is 0.544. The molecule has 1 aromatic carbocycles. The van der Waals surface area contributed by atoms with Gasteiger partial charge in [-0.3, -0.25) is 0 Å². The minimum atomic E-state index is 0.544. The van der Waals surface area contributed by atoms with Crippen LogP contribution in [-0.2, 0) is 18.3 Å². The molecule has 3 aliphatic rings. The molecule has 4 rings (SSSR count). The molecule has 1 aromatic rings. The third-order valence-electron chi connectivity index (χ3n) is 5.84. The van der Waals surface area contributed by atoms with E-state index in [0.717, 1.165) is 5.92 Å². The zero-order chi connectivity index (χ0) is 12.9. The van der Waals surface area contributed by atoms with Gasteiger partial charge >= 0.3 is 0 Å². The van der Waals surface area contributed by atoms with Gasteiger partial charge in [-0.1, -0.05) is 43.2 Å². The van der Waals surface area contributed by atoms with Gasteiger partial charge in [0.25, 0.3) is 0 Å². The number of allylic oxidation sites excluding steroid dienone is 2. The Morgan fingerprint density at radius 1 is 1.32 bits per heavy atom. The van der Waals surface area contributed by atoms with E-state index in [-0.39, 0.29) is 0 Å². The highest BCUT2D eigenvalue weighted by atomic mass is 14.5. The van der Waals surface area contributed by atoms with Gasteiger partial charge in [-0.05, 0) is 67.6 Å². The van der Waals surface area contributed by atoms with E-state index in [1.54, 1.807) is 22.3 Å². The standard InChI is InChI=1S/C19H24/c1-2-4-14-7-9-18-16(11-14)5-3-10-19(18)13-15-6-8-17(19)12-15/h6-7,9,11,17H,2-5,8,10,12-13H2,1H3. The summed E-state index contributed by atoms with van der Waals surface area (Å²) in [6, 6.07) is 7.44. The predicted octanol–water partition coefficient (Wildman–Crippen LogP) is 4.95. The molecule has 0 aliphatic heterocycles. The maximum Gasteiger partial charge on any atom is 0.00272 e. The Morgan fingerprint density at radius 3 is 3.00 bits per heavy atom. The zero-order valence-electron chi connectivity index (χ0n) is 12.0. The molecular formula is C19H24. The fourth-order valence-electron chi connectivity index (χ4n) is 5.03. The van der Waals surface area contributed by atoms with Gasteiger partial charge in [-0.15, -0.1) is 0 Å². The summed E-state index contributed by atoms with van der Waals surface area (Å²) >= 11 is 0. The molecule has 19 heavy (non-hydrogen) atoms. The summed E-state index contributed by atoms with van der Waals surface area (Å²) in [5.74, 6) is 0.929. The maximum atomic E-state index is 2.53. The molecule has 3 aliphatic carbocycles. The van der Waals surface area contributed by atoms with E-state index in [0.29, 0.717) is 5.41 Å². The van der Waals surface area contributed by atoms with Crippen molar-refractivity contribution in [3.8, 4) is 0 Å². The van der Waals surface area contributed by atoms with Gasteiger partial charge in [-0.2, -0.15) is 0 Å². The molecule has 0 radical (unpaired) electrons. The second-order valence-electron chi connectivity index (χ2n) is 6.93. The lowest BCUT2D eigenvalue weighted by atomic mass is 9.62. The number of hydrogen-bond acceptors (Lipinski definition) is 0. The van der Waals surface area contributed by atoms with Gasteiger partial charge in [0.2, 0.25) is 0 Å². The van der Waals surface area contributed by atoms with Crippen molar-refractivity contribution in [1.82, 2.24) is 0 Å². The highest BCUT2D eigenvalue weighted by Crippen LogP contribution is 2.58. The van der Waals surface area contributed by atoms with Crippen molar-refractivity contribution in [3.63, 3.8) is 0 Å². The number of fused-ring (bicyclic) bond motifs is 5. The highest BCUT2D eigenvalue weighted by molar-refractivity contribution is 5.45. The third-order valence-corrected chi connectivity index (χ3v) is 5.84. The summed E-state index contributed by atoms with van der Waals surface area (Å²) in [5.41, 5.74) is 7.27. The van der Waals surface area contributed by atoms with Crippen LogP contribution in [0.3, 0.4) is 0 Å². The first-order valence-electron chi connectivity index (χ1n) is 8.12. The summed E-state index contributed by atoms with van der Waals surface area (Å²) in [5, 5.41) is 0. The Hall–Kier alpha value is -1.04. The van der Waals surface area contributed by atoms with Gasteiger partial charge in [0.1, 0.15) is 0 Å². The fourth-order valence-corrected chi connectivity index (χ4v) is 5.03. The SMILES string of the molecule is CCCc1ccc2c(c1)CCCC21CC2=CCC1C2. The summed E-state index contributed by atoms with van der Waals surface area (Å²) in [6.45, 7) is 2.28. The van der Waals surface area contributed by atoms with Crippen LogP contribution in [0.5, 0.6) is 0 Å². The molecular weight excluding hydrogens is 228 g/mol. The summed E-state index contributed by atoms with van der Waals surface area (Å²) in [7, 11) is 0. The van der Waals surface area contributed by atoms with Gasteiger partial charge in [0.05, 0.1) is 0 Å². The fraction of sp³-hybridized carbons (Fsp3) is 0.579. The van der Waals surface area contributed by atoms with E-state index < -0.39 is 0 Å². The Labute approximate surface area is 116 Å². The van der Waals surface area contributed by atoms with E-state index in [1.807, 2.05) is 0 Å². The molecule has 2 atom stereocenters. The zero-order valence-corrected chi connectivity index (χ0v) is 12.0. The van der Waals surface area contributed by atoms with Gasteiger partial charge in [-0.25, -0.2) is 0 Å². The summed E-state index contributed by atoms with van der Waals surface area (Å²) in [6.07, 6.45) is 13.3. The first-order chi connectivity index (χ1) is 9.32. The van der Waals surface area contributed by atoms with Gasteiger partial charge in [0.15, 0.2) is 0 Å². The summed E-state index contributed by atoms with van der Waals surface area (Å²) < 4.78 is 0. The van der Waals surface area contributed by atoms with E-state index >= 15 is 0 Å². The van der Waals surface area contributed by atoms with Crippen LogP contribution in [0, 0.1) is 5.92 Å². The van der Waals surface area contributed by atoms with Crippen LogP contribution in [-0.4, -0.2) is 0 Å². The second kappa shape index (κ2) is 4.23. The van der Waals surface area contributed by atoms with Crippen LogP contribution >= 0.6 is 0 Å². The number of benzene rings is 1. The van der Waals surface area contributed by atoms with Gasteiger partial charge < -0.3 is 0 Å². The van der Waals surface area contributed by atoms with Crippen molar-refractivity contribution in [2.24, 2.45) is 5.92 Å². The number of rotatable bonds is 2. The lowest BCUT2D eigenvalue weighted by molar-refractivity contribution is 0.269. The van der Waals surface area contributed by atoms with Gasteiger partial charge in [0, 0.05) is 5.41 Å². The first-order valence-corrected chi connectivity index (χ1v) is 8.12. The van der Waals surface area contributed by atoms with Crippen molar-refractivity contribution in [1.29, 1.82) is 0 Å². The Balaban J connectivity index is 1.77. The molecule has 1 saturated carbocycles. The monoisotopic (exact) mass is 252 g/mol. The van der Waals surface area contributed by atoms with Crippen LogP contribution in [0.25, 0.3) is 0 Å². The minimum Gasteiger partial charge on any atom is -0.0850 e. The molecule has 1 spiro atoms. The third kappa shape index (κ3) is 1.65. The Bertz CT molecular complexity index is 537. The number of aryl methyl sites for hydroxylation is 2. The molecule has 0 amide bonds. The van der Waals surface area contributed by atoms with Crippen LogP contribution in [0.1, 0.15) is 62.1 Å². The normalized spacial score (nSPS) is 31.6. The number of hydrogen-bond donors (Lipinski definition) is 0. The van der Waals surface area contributed by atoms with E-state index in [4.69, 9.17) is 0 Å². The average Bonchev–Trinajstić information content (AvgIpc) is 3.00. The molecule has 0 aromatic heterocycles.